The molecule has 11 heavy (non-hydrogen) atoms. The summed E-state index contributed by atoms with van der Waals surface area (Å²) in [6, 6.07) is 0. The van der Waals surface area contributed by atoms with Crippen molar-refractivity contribution < 1.29 is 0 Å². The molecule has 0 aromatic rings. The monoisotopic (exact) mass is 153 g/mol. The second kappa shape index (κ2) is 3.16. The van der Waals surface area contributed by atoms with Gasteiger partial charge in [0, 0.05) is 0 Å². The average molecular weight is 153 g/mol. The van der Waals surface area contributed by atoms with Crippen molar-refractivity contribution in [2.24, 2.45) is 17.3 Å². The maximum absolute atomic E-state index is 2.45. The molecule has 0 saturated heterocycles. The molecular formula is C11H21. The van der Waals surface area contributed by atoms with Crippen molar-refractivity contribution in [2.75, 3.05) is 0 Å². The van der Waals surface area contributed by atoms with Crippen LogP contribution in [0.4, 0.5) is 0 Å². The number of hydrogen-bond donors (Lipinski definition) is 0. The van der Waals surface area contributed by atoms with Crippen LogP contribution in [0.15, 0.2) is 0 Å². The molecular weight excluding hydrogens is 132 g/mol. The minimum absolute atomic E-state index is 0.522. The second-order valence-electron chi connectivity index (χ2n) is 5.05. The van der Waals surface area contributed by atoms with Gasteiger partial charge in [-0.15, -0.1) is 0 Å². The summed E-state index contributed by atoms with van der Waals surface area (Å²) >= 11 is 0. The normalized spacial score (nSPS) is 33.8. The lowest BCUT2D eigenvalue weighted by Crippen LogP contribution is -2.29. The van der Waals surface area contributed by atoms with E-state index in [1.54, 1.807) is 0 Å². The topological polar surface area (TPSA) is 0 Å². The highest BCUT2D eigenvalue weighted by molar-refractivity contribution is 4.87. The van der Waals surface area contributed by atoms with Crippen molar-refractivity contribution in [3.8, 4) is 0 Å². The summed E-state index contributed by atoms with van der Waals surface area (Å²) < 4.78 is 0. The van der Waals surface area contributed by atoms with Crippen LogP contribution in [0.25, 0.3) is 0 Å². The van der Waals surface area contributed by atoms with Crippen LogP contribution >= 0.6 is 0 Å². The second-order valence-corrected chi connectivity index (χ2v) is 5.05. The fourth-order valence-electron chi connectivity index (χ4n) is 2.41. The largest absolute Gasteiger partial charge is 0.0622 e. The van der Waals surface area contributed by atoms with Crippen LogP contribution in [0.2, 0.25) is 0 Å². The third kappa shape index (κ3) is 2.21. The molecule has 1 rings (SSSR count). The minimum atomic E-state index is 0.522. The van der Waals surface area contributed by atoms with Gasteiger partial charge in [0.25, 0.3) is 0 Å². The van der Waals surface area contributed by atoms with Crippen molar-refractivity contribution in [3.05, 3.63) is 6.42 Å². The molecule has 0 aliphatic heterocycles. The van der Waals surface area contributed by atoms with Crippen molar-refractivity contribution >= 4 is 0 Å². The fraction of sp³-hybridized carbons (Fsp3) is 0.909. The van der Waals surface area contributed by atoms with Gasteiger partial charge in [-0.05, 0) is 42.9 Å². The molecule has 2 unspecified atom stereocenters. The molecule has 0 nitrogen and oxygen atoms in total. The molecule has 0 heterocycles. The lowest BCUT2D eigenvalue weighted by atomic mass is 9.67. The van der Waals surface area contributed by atoms with Gasteiger partial charge in [0.15, 0.2) is 0 Å². The highest BCUT2D eigenvalue weighted by Gasteiger charge is 2.31. The zero-order chi connectivity index (χ0) is 8.48. The van der Waals surface area contributed by atoms with E-state index in [0.29, 0.717) is 5.41 Å². The molecule has 1 radical (unpaired) electrons. The van der Waals surface area contributed by atoms with Gasteiger partial charge in [-0.25, -0.2) is 0 Å². The summed E-state index contributed by atoms with van der Waals surface area (Å²) in [5.41, 5.74) is 0.522. The summed E-state index contributed by atoms with van der Waals surface area (Å²) in [4.78, 5) is 0. The summed E-state index contributed by atoms with van der Waals surface area (Å²) in [6.07, 6.45) is 6.53. The summed E-state index contributed by atoms with van der Waals surface area (Å²) in [5.74, 6) is 1.84. The first-order chi connectivity index (χ1) is 5.02. The first-order valence-corrected chi connectivity index (χ1v) is 4.83. The fourth-order valence-corrected chi connectivity index (χ4v) is 2.41. The Morgan fingerprint density at radius 1 is 1.27 bits per heavy atom. The highest BCUT2D eigenvalue weighted by atomic mass is 14.4. The van der Waals surface area contributed by atoms with Crippen LogP contribution < -0.4 is 0 Å². The van der Waals surface area contributed by atoms with Gasteiger partial charge in [0.2, 0.25) is 0 Å². The van der Waals surface area contributed by atoms with Gasteiger partial charge in [-0.3, -0.25) is 0 Å². The van der Waals surface area contributed by atoms with E-state index in [-0.39, 0.29) is 0 Å². The Morgan fingerprint density at radius 3 is 2.27 bits per heavy atom. The Hall–Kier alpha value is 0. The van der Waals surface area contributed by atoms with Gasteiger partial charge in [-0.2, -0.15) is 0 Å². The summed E-state index contributed by atoms with van der Waals surface area (Å²) in [6.45, 7) is 9.52. The Bertz CT molecular complexity index is 118. The smallest absolute Gasteiger partial charge is 0.0339 e. The molecule has 1 aliphatic carbocycles. The van der Waals surface area contributed by atoms with Crippen LogP contribution in [0.5, 0.6) is 0 Å². The van der Waals surface area contributed by atoms with E-state index in [2.05, 4.69) is 34.1 Å². The molecule has 1 fully saturated rings. The highest BCUT2D eigenvalue weighted by Crippen LogP contribution is 2.40. The van der Waals surface area contributed by atoms with Crippen LogP contribution in [0.3, 0.4) is 0 Å². The van der Waals surface area contributed by atoms with E-state index in [4.69, 9.17) is 0 Å². The molecule has 0 N–H and O–H groups in total. The Kier molecular flexibility index (Phi) is 2.61. The predicted molar refractivity (Wildman–Crippen MR) is 50.3 cm³/mol. The Labute approximate surface area is 71.4 Å². The Morgan fingerprint density at radius 2 is 1.91 bits per heavy atom. The molecule has 1 aliphatic rings. The van der Waals surface area contributed by atoms with E-state index in [9.17, 15) is 0 Å². The predicted octanol–water partition coefficient (Wildman–Crippen LogP) is 3.67. The van der Waals surface area contributed by atoms with Crippen LogP contribution in [0, 0.1) is 23.7 Å². The van der Waals surface area contributed by atoms with Crippen molar-refractivity contribution in [1.29, 1.82) is 0 Å². The van der Waals surface area contributed by atoms with Gasteiger partial charge in [0.1, 0.15) is 0 Å². The maximum Gasteiger partial charge on any atom is -0.0339 e. The molecule has 1 saturated carbocycles. The van der Waals surface area contributed by atoms with E-state index >= 15 is 0 Å². The SMILES string of the molecule is CC1C[CH]CCC1C(C)(C)C. The summed E-state index contributed by atoms with van der Waals surface area (Å²) in [5, 5.41) is 0. The van der Waals surface area contributed by atoms with E-state index < -0.39 is 0 Å². The Balaban J connectivity index is 2.55. The van der Waals surface area contributed by atoms with E-state index in [1.807, 2.05) is 0 Å². The zero-order valence-electron chi connectivity index (χ0n) is 8.35. The van der Waals surface area contributed by atoms with Gasteiger partial charge in [-0.1, -0.05) is 27.7 Å². The van der Waals surface area contributed by atoms with Crippen molar-refractivity contribution in [1.82, 2.24) is 0 Å². The third-order valence-corrected chi connectivity index (χ3v) is 3.02. The van der Waals surface area contributed by atoms with Crippen LogP contribution in [-0.4, -0.2) is 0 Å². The molecule has 2 atom stereocenters. The lowest BCUT2D eigenvalue weighted by molar-refractivity contribution is 0.137. The standard InChI is InChI=1S/C11H21/c1-9-7-5-6-8-10(9)11(2,3)4/h5,9-10H,6-8H2,1-4H3. The third-order valence-electron chi connectivity index (χ3n) is 3.02. The summed E-state index contributed by atoms with van der Waals surface area (Å²) in [7, 11) is 0. The van der Waals surface area contributed by atoms with Gasteiger partial charge < -0.3 is 0 Å². The van der Waals surface area contributed by atoms with Crippen molar-refractivity contribution in [3.63, 3.8) is 0 Å². The van der Waals surface area contributed by atoms with E-state index in [0.717, 1.165) is 11.8 Å². The lowest BCUT2D eigenvalue weighted by Gasteiger charge is -2.38. The maximum atomic E-state index is 2.45. The molecule has 0 heteroatoms. The molecule has 0 spiro atoms. The van der Waals surface area contributed by atoms with Crippen LogP contribution in [-0.2, 0) is 0 Å². The number of rotatable bonds is 0. The van der Waals surface area contributed by atoms with E-state index in [1.165, 1.54) is 19.3 Å². The van der Waals surface area contributed by atoms with Gasteiger partial charge in [0.05, 0.1) is 0 Å². The molecule has 0 aromatic carbocycles. The quantitative estimate of drug-likeness (QED) is 0.498. The zero-order valence-corrected chi connectivity index (χ0v) is 8.35. The molecule has 0 aromatic heterocycles. The molecule has 65 valence electrons. The van der Waals surface area contributed by atoms with Crippen LogP contribution in [0.1, 0.15) is 47.0 Å². The first kappa shape index (κ1) is 9.09. The number of hydrogen-bond acceptors (Lipinski definition) is 0. The van der Waals surface area contributed by atoms with Crippen molar-refractivity contribution in [2.45, 2.75) is 47.0 Å². The molecule has 0 amide bonds. The van der Waals surface area contributed by atoms with Gasteiger partial charge >= 0.3 is 0 Å². The average Bonchev–Trinajstić information content (AvgIpc) is 1.86. The molecule has 0 bridgehead atoms. The first-order valence-electron chi connectivity index (χ1n) is 4.83. The minimum Gasteiger partial charge on any atom is -0.0622 e.